The van der Waals surface area contributed by atoms with Crippen LogP contribution in [0.15, 0.2) is 0 Å². The zero-order valence-corrected chi connectivity index (χ0v) is 13.6. The summed E-state index contributed by atoms with van der Waals surface area (Å²) < 4.78 is 0. The predicted molar refractivity (Wildman–Crippen MR) is 83.2 cm³/mol. The Labute approximate surface area is 132 Å². The minimum absolute atomic E-state index is 0.0240. The Hall–Kier alpha value is -0.700. The van der Waals surface area contributed by atoms with Crippen LogP contribution in [0, 0.1) is 34.5 Å². The number of carbonyl (C=O) groups is 2. The number of fused-ring (bicyclic) bond motifs is 5. The highest BCUT2D eigenvalue weighted by Gasteiger charge is 2.61. The largest absolute Gasteiger partial charge is 0.396 e. The second kappa shape index (κ2) is 4.90. The zero-order chi connectivity index (χ0) is 15.5. The van der Waals surface area contributed by atoms with E-state index >= 15 is 0 Å². The molecule has 0 aromatic rings. The molecule has 0 aromatic heterocycles. The Kier molecular flexibility index (Phi) is 3.31. The van der Waals surface area contributed by atoms with Gasteiger partial charge in [-0.15, -0.1) is 0 Å². The van der Waals surface area contributed by atoms with Crippen molar-refractivity contribution in [3.63, 3.8) is 0 Å². The Balaban J connectivity index is 1.68. The summed E-state index contributed by atoms with van der Waals surface area (Å²) in [4.78, 5) is 24.3. The van der Waals surface area contributed by atoms with E-state index in [1.165, 1.54) is 0 Å². The maximum absolute atomic E-state index is 12.4. The molecule has 0 saturated heterocycles. The number of aliphatic hydroxyl groups is 1. The van der Waals surface area contributed by atoms with E-state index in [0.29, 0.717) is 48.1 Å². The Morgan fingerprint density at radius 3 is 2.64 bits per heavy atom. The molecule has 4 aliphatic carbocycles. The van der Waals surface area contributed by atoms with Crippen LogP contribution in [0.25, 0.3) is 0 Å². The molecule has 4 saturated carbocycles. The van der Waals surface area contributed by atoms with Crippen LogP contribution in [0.2, 0.25) is 0 Å². The van der Waals surface area contributed by atoms with Crippen molar-refractivity contribution in [1.29, 1.82) is 0 Å². The van der Waals surface area contributed by atoms with Crippen molar-refractivity contribution >= 4 is 11.6 Å². The number of rotatable bonds is 1. The molecule has 22 heavy (non-hydrogen) atoms. The third-order valence-corrected chi connectivity index (χ3v) is 8.18. The van der Waals surface area contributed by atoms with Crippen molar-refractivity contribution in [1.82, 2.24) is 0 Å². The van der Waals surface area contributed by atoms with Crippen LogP contribution >= 0.6 is 0 Å². The smallest absolute Gasteiger partial charge is 0.139 e. The summed E-state index contributed by atoms with van der Waals surface area (Å²) in [5.41, 5.74) is -0.112. The van der Waals surface area contributed by atoms with Crippen molar-refractivity contribution < 1.29 is 14.7 Å². The molecule has 122 valence electrons. The average Bonchev–Trinajstić information content (AvgIpc) is 2.82. The summed E-state index contributed by atoms with van der Waals surface area (Å²) in [5, 5.41) is 10.3. The lowest BCUT2D eigenvalue weighted by Gasteiger charge is -2.59. The number of carbonyl (C=O) groups excluding carboxylic acids is 2. The molecule has 3 nitrogen and oxygen atoms in total. The van der Waals surface area contributed by atoms with E-state index in [0.717, 1.165) is 44.9 Å². The maximum atomic E-state index is 12.4. The van der Waals surface area contributed by atoms with Gasteiger partial charge in [-0.2, -0.15) is 0 Å². The SMILES string of the molecule is C[C@]12CC[C@@H]3[C@@H](CCC4CC(=O)CC[C@@]43CO)[C@@H]1CCC2=O. The lowest BCUT2D eigenvalue weighted by atomic mass is 9.45. The highest BCUT2D eigenvalue weighted by Crippen LogP contribution is 2.65. The monoisotopic (exact) mass is 304 g/mol. The highest BCUT2D eigenvalue weighted by atomic mass is 16.3. The zero-order valence-electron chi connectivity index (χ0n) is 13.6. The molecule has 1 N–H and O–H groups in total. The Morgan fingerprint density at radius 2 is 1.86 bits per heavy atom. The van der Waals surface area contributed by atoms with Gasteiger partial charge in [-0.25, -0.2) is 0 Å². The summed E-state index contributed by atoms with van der Waals surface area (Å²) in [5.74, 6) is 2.93. The molecule has 1 unspecified atom stereocenters. The molecule has 0 radical (unpaired) electrons. The van der Waals surface area contributed by atoms with Gasteiger partial charge in [0, 0.05) is 36.7 Å². The molecule has 0 aliphatic heterocycles. The van der Waals surface area contributed by atoms with Crippen LogP contribution in [0.4, 0.5) is 0 Å². The summed E-state index contributed by atoms with van der Waals surface area (Å²) in [6.07, 6.45) is 8.36. The van der Waals surface area contributed by atoms with E-state index in [2.05, 4.69) is 6.92 Å². The predicted octanol–water partition coefficient (Wildman–Crippen LogP) is 3.14. The first-order valence-electron chi connectivity index (χ1n) is 9.17. The molecule has 4 fully saturated rings. The molecule has 0 heterocycles. The molecule has 0 spiro atoms. The first-order chi connectivity index (χ1) is 10.5. The van der Waals surface area contributed by atoms with Gasteiger partial charge in [0.05, 0.1) is 0 Å². The minimum Gasteiger partial charge on any atom is -0.396 e. The average molecular weight is 304 g/mol. The molecule has 0 bridgehead atoms. The number of hydrogen-bond acceptors (Lipinski definition) is 3. The second-order valence-corrected chi connectivity index (χ2v) is 8.70. The van der Waals surface area contributed by atoms with Gasteiger partial charge in [0.2, 0.25) is 0 Å². The summed E-state index contributed by atoms with van der Waals surface area (Å²) in [6, 6.07) is 0. The fourth-order valence-corrected chi connectivity index (χ4v) is 6.93. The summed E-state index contributed by atoms with van der Waals surface area (Å²) in [7, 11) is 0. The molecule has 4 rings (SSSR count). The van der Waals surface area contributed by atoms with E-state index < -0.39 is 0 Å². The lowest BCUT2D eigenvalue weighted by molar-refractivity contribution is -0.154. The van der Waals surface area contributed by atoms with Crippen molar-refractivity contribution in [3.05, 3.63) is 0 Å². The van der Waals surface area contributed by atoms with Gasteiger partial charge in [-0.3, -0.25) is 9.59 Å². The lowest BCUT2D eigenvalue weighted by Crippen LogP contribution is -2.56. The van der Waals surface area contributed by atoms with Gasteiger partial charge >= 0.3 is 0 Å². The maximum Gasteiger partial charge on any atom is 0.139 e. The number of aliphatic hydroxyl groups excluding tert-OH is 1. The number of ketones is 2. The molecular formula is C19H28O3. The van der Waals surface area contributed by atoms with Gasteiger partial charge in [0.1, 0.15) is 11.6 Å². The quantitative estimate of drug-likeness (QED) is 0.809. The van der Waals surface area contributed by atoms with Gasteiger partial charge in [0.25, 0.3) is 0 Å². The van der Waals surface area contributed by atoms with Crippen LogP contribution < -0.4 is 0 Å². The topological polar surface area (TPSA) is 54.4 Å². The van der Waals surface area contributed by atoms with E-state index in [1.54, 1.807) is 0 Å². The standard InChI is InChI=1S/C19H28O3/c1-18-8-7-16-14(15(18)4-5-17(18)22)3-2-12-10-13(21)6-9-19(12,16)11-20/h12,14-16,20H,2-11H2,1H3/t12?,14-,15-,16+,18-,19+/m0/s1. The van der Waals surface area contributed by atoms with Crippen LogP contribution in [0.1, 0.15) is 64.7 Å². The van der Waals surface area contributed by atoms with Crippen molar-refractivity contribution in [2.75, 3.05) is 6.61 Å². The van der Waals surface area contributed by atoms with Crippen molar-refractivity contribution in [3.8, 4) is 0 Å². The highest BCUT2D eigenvalue weighted by molar-refractivity contribution is 5.87. The number of Topliss-reactive ketones (excluding diaryl/α,β-unsaturated/α-hetero) is 2. The third kappa shape index (κ3) is 1.78. The van der Waals surface area contributed by atoms with Gasteiger partial charge in [0.15, 0.2) is 0 Å². The van der Waals surface area contributed by atoms with Crippen LogP contribution in [0.3, 0.4) is 0 Å². The van der Waals surface area contributed by atoms with E-state index in [4.69, 9.17) is 0 Å². The molecule has 6 atom stereocenters. The summed E-state index contributed by atoms with van der Waals surface area (Å²) in [6.45, 7) is 2.44. The minimum atomic E-state index is -0.0882. The first kappa shape index (κ1) is 14.9. The van der Waals surface area contributed by atoms with Gasteiger partial charge < -0.3 is 5.11 Å². The molecular weight excluding hydrogens is 276 g/mol. The Morgan fingerprint density at radius 1 is 1.05 bits per heavy atom. The Bertz CT molecular complexity index is 513. The molecule has 0 amide bonds. The second-order valence-electron chi connectivity index (χ2n) is 8.70. The van der Waals surface area contributed by atoms with E-state index in [-0.39, 0.29) is 17.4 Å². The normalized spacial score (nSPS) is 51.2. The van der Waals surface area contributed by atoms with Gasteiger partial charge in [-0.05, 0) is 62.2 Å². The van der Waals surface area contributed by atoms with Crippen LogP contribution in [-0.4, -0.2) is 23.3 Å². The van der Waals surface area contributed by atoms with Crippen LogP contribution in [0.5, 0.6) is 0 Å². The summed E-state index contributed by atoms with van der Waals surface area (Å²) >= 11 is 0. The third-order valence-electron chi connectivity index (χ3n) is 8.18. The van der Waals surface area contributed by atoms with E-state index in [1.807, 2.05) is 0 Å². The van der Waals surface area contributed by atoms with Crippen molar-refractivity contribution in [2.45, 2.75) is 64.7 Å². The van der Waals surface area contributed by atoms with Gasteiger partial charge in [-0.1, -0.05) is 6.92 Å². The van der Waals surface area contributed by atoms with Crippen molar-refractivity contribution in [2.24, 2.45) is 34.5 Å². The molecule has 4 aliphatic rings. The first-order valence-corrected chi connectivity index (χ1v) is 9.17. The molecule has 0 aromatic carbocycles. The molecule has 3 heteroatoms. The fourth-order valence-electron chi connectivity index (χ4n) is 6.93. The van der Waals surface area contributed by atoms with Crippen LogP contribution in [-0.2, 0) is 9.59 Å². The fraction of sp³-hybridized carbons (Fsp3) is 0.895. The van der Waals surface area contributed by atoms with E-state index in [9.17, 15) is 14.7 Å². The number of hydrogen-bond donors (Lipinski definition) is 1.